The van der Waals surface area contributed by atoms with Crippen molar-refractivity contribution in [3.8, 4) is 0 Å². The van der Waals surface area contributed by atoms with Crippen LogP contribution in [0.15, 0.2) is 12.0 Å². The molecule has 14 heavy (non-hydrogen) atoms. The van der Waals surface area contributed by atoms with E-state index in [1.54, 1.807) is 0 Å². The first-order valence-electron chi connectivity index (χ1n) is 5.13. The van der Waals surface area contributed by atoms with Gasteiger partial charge < -0.3 is 9.84 Å². The van der Waals surface area contributed by atoms with Crippen LogP contribution < -0.4 is 0 Å². The number of nitrogens with zero attached hydrogens (tertiary/aromatic N) is 2. The third-order valence-corrected chi connectivity index (χ3v) is 2.54. The van der Waals surface area contributed by atoms with Gasteiger partial charge in [-0.25, -0.2) is 0 Å². The fourth-order valence-electron chi connectivity index (χ4n) is 1.79. The maximum atomic E-state index is 9.06. The van der Waals surface area contributed by atoms with Crippen molar-refractivity contribution in [1.82, 2.24) is 0 Å². The highest BCUT2D eigenvalue weighted by molar-refractivity contribution is 4.95. The standard InChI is InChI=1S/C10H16N2O2/c11-12-6-10(13)8-14-7-9-4-2-1-3-5-9/h6,9H,1-5,7-8H2/p+1/b10-6+. The second kappa shape index (κ2) is 6.39. The van der Waals surface area contributed by atoms with Crippen molar-refractivity contribution in [3.63, 3.8) is 0 Å². The van der Waals surface area contributed by atoms with Gasteiger partial charge in [0.05, 0.1) is 6.61 Å². The van der Waals surface area contributed by atoms with Gasteiger partial charge in [0.2, 0.25) is 11.2 Å². The van der Waals surface area contributed by atoms with Crippen LogP contribution in [-0.2, 0) is 4.74 Å². The maximum Gasteiger partial charge on any atom is 0.389 e. The highest BCUT2D eigenvalue weighted by Gasteiger charge is 2.13. The van der Waals surface area contributed by atoms with Crippen molar-refractivity contribution in [2.45, 2.75) is 32.1 Å². The quantitative estimate of drug-likeness (QED) is 0.557. The average Bonchev–Trinajstić information content (AvgIpc) is 2.20. The van der Waals surface area contributed by atoms with E-state index >= 15 is 0 Å². The van der Waals surface area contributed by atoms with Crippen LogP contribution in [0.3, 0.4) is 0 Å². The molecule has 1 fully saturated rings. The van der Waals surface area contributed by atoms with Crippen LogP contribution in [0, 0.1) is 11.3 Å². The number of aliphatic hydroxyl groups is 1. The molecule has 0 atom stereocenters. The Kier molecular flexibility index (Phi) is 5.02. The van der Waals surface area contributed by atoms with E-state index in [1.807, 2.05) is 0 Å². The van der Waals surface area contributed by atoms with E-state index in [9.17, 15) is 0 Å². The van der Waals surface area contributed by atoms with E-state index < -0.39 is 0 Å². The van der Waals surface area contributed by atoms with Crippen LogP contribution in [0.2, 0.25) is 0 Å². The molecule has 0 aromatic carbocycles. The normalized spacial score (nSPS) is 19.2. The van der Waals surface area contributed by atoms with Gasteiger partial charge in [-0.2, -0.15) is 0 Å². The van der Waals surface area contributed by atoms with Crippen LogP contribution in [0.1, 0.15) is 32.1 Å². The molecule has 0 aromatic rings. The molecular formula is C10H17N2O2+. The van der Waals surface area contributed by atoms with Crippen LogP contribution in [0.5, 0.6) is 0 Å². The summed E-state index contributed by atoms with van der Waals surface area (Å²) in [4.78, 5) is 2.71. The van der Waals surface area contributed by atoms with Crippen molar-refractivity contribution in [2.24, 2.45) is 5.92 Å². The van der Waals surface area contributed by atoms with Gasteiger partial charge in [0, 0.05) is 0 Å². The Morgan fingerprint density at radius 2 is 2.14 bits per heavy atom. The van der Waals surface area contributed by atoms with Crippen molar-refractivity contribution < 1.29 is 9.84 Å². The second-order valence-corrected chi connectivity index (χ2v) is 3.76. The molecule has 0 aliphatic heterocycles. The molecule has 4 nitrogen and oxygen atoms in total. The zero-order chi connectivity index (χ0) is 10.2. The predicted octanol–water partition coefficient (Wildman–Crippen LogP) is 2.84. The summed E-state index contributed by atoms with van der Waals surface area (Å²) in [5.74, 6) is 0.603. The third-order valence-electron chi connectivity index (χ3n) is 2.54. The number of ether oxygens (including phenoxy) is 1. The molecule has 0 bridgehead atoms. The molecule has 0 unspecified atom stereocenters. The van der Waals surface area contributed by atoms with E-state index in [0.717, 1.165) is 6.20 Å². The van der Waals surface area contributed by atoms with E-state index in [4.69, 9.17) is 15.2 Å². The molecule has 0 radical (unpaired) electrons. The monoisotopic (exact) mass is 197 g/mol. The summed E-state index contributed by atoms with van der Waals surface area (Å²) in [6.07, 6.45) is 7.37. The van der Waals surface area contributed by atoms with E-state index in [1.165, 1.54) is 32.1 Å². The van der Waals surface area contributed by atoms with Gasteiger partial charge in [0.1, 0.15) is 6.61 Å². The van der Waals surface area contributed by atoms with Gasteiger partial charge in [-0.05, 0) is 18.8 Å². The Balaban J connectivity index is 2.08. The largest absolute Gasteiger partial charge is 0.504 e. The molecule has 0 aromatic heterocycles. The fourth-order valence-corrected chi connectivity index (χ4v) is 1.79. The second-order valence-electron chi connectivity index (χ2n) is 3.76. The number of rotatable bonds is 4. The minimum absolute atomic E-state index is 0.0386. The van der Waals surface area contributed by atoms with Crippen molar-refractivity contribution >= 4 is 0 Å². The Hall–Kier alpha value is -1.08. The smallest absolute Gasteiger partial charge is 0.389 e. The highest BCUT2D eigenvalue weighted by Crippen LogP contribution is 2.23. The van der Waals surface area contributed by atoms with Crippen LogP contribution >= 0.6 is 0 Å². The molecule has 1 rings (SSSR count). The summed E-state index contributed by atoms with van der Waals surface area (Å²) in [5, 5.41) is 17.2. The van der Waals surface area contributed by atoms with Gasteiger partial charge in [0.25, 0.3) is 0 Å². The lowest BCUT2D eigenvalue weighted by Crippen LogP contribution is -2.14. The molecule has 0 spiro atoms. The highest BCUT2D eigenvalue weighted by atomic mass is 16.5. The number of aliphatic hydroxyl groups excluding tert-OH is 1. The van der Waals surface area contributed by atoms with Gasteiger partial charge in [-0.1, -0.05) is 19.3 Å². The Bertz CT molecular complexity index is 227. The van der Waals surface area contributed by atoms with Crippen LogP contribution in [-0.4, -0.2) is 18.3 Å². The summed E-state index contributed by atoms with van der Waals surface area (Å²) < 4.78 is 5.30. The molecule has 78 valence electrons. The zero-order valence-electron chi connectivity index (χ0n) is 8.35. The number of hydrogen-bond donors (Lipinski definition) is 1. The van der Waals surface area contributed by atoms with E-state index in [-0.39, 0.29) is 12.4 Å². The maximum absolute atomic E-state index is 9.06. The van der Waals surface area contributed by atoms with Gasteiger partial charge in [0.15, 0.2) is 4.98 Å². The summed E-state index contributed by atoms with van der Waals surface area (Å²) in [7, 11) is 0. The summed E-state index contributed by atoms with van der Waals surface area (Å²) >= 11 is 0. The average molecular weight is 197 g/mol. The molecule has 0 amide bonds. The first kappa shape index (κ1) is 11.0. The minimum Gasteiger partial charge on any atom is -0.504 e. The van der Waals surface area contributed by atoms with Crippen molar-refractivity contribution in [2.75, 3.05) is 13.2 Å². The van der Waals surface area contributed by atoms with E-state index in [2.05, 4.69) is 4.98 Å². The summed E-state index contributed by atoms with van der Waals surface area (Å²) in [6, 6.07) is 0. The molecule has 0 saturated heterocycles. The first-order chi connectivity index (χ1) is 6.83. The lowest BCUT2D eigenvalue weighted by Gasteiger charge is -2.20. The van der Waals surface area contributed by atoms with Crippen molar-refractivity contribution in [1.29, 1.82) is 5.39 Å². The lowest BCUT2D eigenvalue weighted by atomic mass is 9.90. The molecule has 4 heteroatoms. The zero-order valence-corrected chi connectivity index (χ0v) is 8.35. The molecule has 1 aliphatic rings. The molecule has 0 heterocycles. The van der Waals surface area contributed by atoms with Crippen LogP contribution in [0.4, 0.5) is 0 Å². The molecule has 1 saturated carbocycles. The first-order valence-corrected chi connectivity index (χ1v) is 5.13. The van der Waals surface area contributed by atoms with E-state index in [0.29, 0.717) is 12.5 Å². The Morgan fingerprint density at radius 1 is 1.43 bits per heavy atom. The molecule has 1 aliphatic carbocycles. The lowest BCUT2D eigenvalue weighted by molar-refractivity contribution is 0.0832. The summed E-state index contributed by atoms with van der Waals surface area (Å²) in [6.45, 7) is 0.837. The van der Waals surface area contributed by atoms with Crippen molar-refractivity contribution in [3.05, 3.63) is 16.9 Å². The van der Waals surface area contributed by atoms with Gasteiger partial charge >= 0.3 is 6.20 Å². The Morgan fingerprint density at radius 3 is 2.79 bits per heavy atom. The molecular weight excluding hydrogens is 180 g/mol. The Labute approximate surface area is 84.2 Å². The third kappa shape index (κ3) is 4.24. The topological polar surface area (TPSA) is 57.6 Å². The molecule has 1 N–H and O–H groups in total. The van der Waals surface area contributed by atoms with Gasteiger partial charge in [-0.15, -0.1) is 0 Å². The predicted molar refractivity (Wildman–Crippen MR) is 53.2 cm³/mol. The number of diazo groups is 1. The van der Waals surface area contributed by atoms with Gasteiger partial charge in [-0.3, -0.25) is 0 Å². The SMILES string of the molecule is N#[N+]/C=C(/O)COCC1CCCCC1. The number of hydrogen-bond acceptors (Lipinski definition) is 3. The summed E-state index contributed by atoms with van der Waals surface area (Å²) in [5.41, 5.74) is 0. The van der Waals surface area contributed by atoms with Crippen LogP contribution in [0.25, 0.3) is 4.98 Å². The fraction of sp³-hybridized carbons (Fsp3) is 0.800. The minimum atomic E-state index is -0.0386.